The number of nitrogens with zero attached hydrogens (tertiary/aromatic N) is 1. The van der Waals surface area contributed by atoms with E-state index >= 15 is 0 Å². The molecule has 0 aliphatic carbocycles. The van der Waals surface area contributed by atoms with Gasteiger partial charge < -0.3 is 14.8 Å². The number of hydrogen-bond donors (Lipinski definition) is 1. The van der Waals surface area contributed by atoms with E-state index < -0.39 is 15.9 Å². The normalized spacial score (nSPS) is 11.6. The smallest absolute Gasteiger partial charge is 0.247 e. The molecular formula is C13H18BrClN2O5S. The van der Waals surface area contributed by atoms with Crippen LogP contribution in [0.5, 0.6) is 5.75 Å². The maximum Gasteiger partial charge on any atom is 0.247 e. The number of ether oxygens (including phenoxy) is 2. The average Bonchev–Trinajstić information content (AvgIpc) is 2.46. The van der Waals surface area contributed by atoms with Crippen LogP contribution in [0.25, 0.3) is 0 Å². The minimum absolute atomic E-state index is 0.119. The number of rotatable bonds is 8. The van der Waals surface area contributed by atoms with Gasteiger partial charge in [-0.25, -0.2) is 8.42 Å². The summed E-state index contributed by atoms with van der Waals surface area (Å²) >= 11 is 9.13. The Bertz CT molecular complexity index is 669. The quantitative estimate of drug-likeness (QED) is 0.633. The van der Waals surface area contributed by atoms with Crippen molar-refractivity contribution in [2.45, 2.75) is 4.90 Å². The van der Waals surface area contributed by atoms with Crippen molar-refractivity contribution in [3.8, 4) is 5.75 Å². The Kier molecular flexibility index (Phi) is 7.75. The Morgan fingerprint density at radius 2 is 2.04 bits per heavy atom. The number of carbonyl (C=O) groups is 1. The van der Waals surface area contributed by atoms with Gasteiger partial charge >= 0.3 is 0 Å². The third-order valence-corrected chi connectivity index (χ3v) is 5.48. The fourth-order valence-electron chi connectivity index (χ4n) is 1.73. The minimum Gasteiger partial charge on any atom is -0.494 e. The topological polar surface area (TPSA) is 84.9 Å². The second-order valence-electron chi connectivity index (χ2n) is 4.52. The van der Waals surface area contributed by atoms with Gasteiger partial charge in [0.05, 0.1) is 24.7 Å². The lowest BCUT2D eigenvalue weighted by molar-refractivity contribution is -0.121. The second-order valence-corrected chi connectivity index (χ2v) is 7.83. The van der Waals surface area contributed by atoms with Crippen molar-refractivity contribution in [2.24, 2.45) is 0 Å². The molecule has 23 heavy (non-hydrogen) atoms. The number of likely N-dealkylation sites (N-methyl/N-ethyl adjacent to an activating group) is 1. The van der Waals surface area contributed by atoms with E-state index in [1.54, 1.807) is 0 Å². The first kappa shape index (κ1) is 20.2. The molecule has 1 rings (SSSR count). The lowest BCUT2D eigenvalue weighted by Gasteiger charge is -2.19. The highest BCUT2D eigenvalue weighted by molar-refractivity contribution is 9.10. The van der Waals surface area contributed by atoms with Crippen LogP contribution in [0, 0.1) is 0 Å². The van der Waals surface area contributed by atoms with Crippen LogP contribution in [0.4, 0.5) is 0 Å². The zero-order valence-electron chi connectivity index (χ0n) is 12.9. The van der Waals surface area contributed by atoms with Crippen LogP contribution in [0.3, 0.4) is 0 Å². The molecular weight excluding hydrogens is 412 g/mol. The van der Waals surface area contributed by atoms with Gasteiger partial charge in [-0.3, -0.25) is 4.79 Å². The number of nitrogens with one attached hydrogen (secondary N) is 1. The number of carbonyl (C=O) groups excluding carboxylic acids is 1. The van der Waals surface area contributed by atoms with E-state index in [2.05, 4.69) is 21.2 Å². The predicted octanol–water partition coefficient (Wildman–Crippen LogP) is 1.49. The summed E-state index contributed by atoms with van der Waals surface area (Å²) < 4.78 is 36.6. The maximum atomic E-state index is 12.6. The van der Waals surface area contributed by atoms with Gasteiger partial charge in [0.25, 0.3) is 0 Å². The predicted molar refractivity (Wildman–Crippen MR) is 90.4 cm³/mol. The molecule has 0 unspecified atom stereocenters. The van der Waals surface area contributed by atoms with Crippen LogP contribution in [0.2, 0.25) is 5.02 Å². The van der Waals surface area contributed by atoms with Gasteiger partial charge in [0.2, 0.25) is 15.9 Å². The standard InChI is InChI=1S/C13H18BrClN2O5S/c1-17(8-12(18)16-4-5-21-2)23(19,20)11-7-9(15)6-10(14)13(11)22-3/h6-7H,4-5,8H2,1-3H3,(H,16,18). The maximum absolute atomic E-state index is 12.6. The molecule has 0 aromatic heterocycles. The molecule has 0 saturated carbocycles. The van der Waals surface area contributed by atoms with Gasteiger partial charge in [-0.1, -0.05) is 11.6 Å². The van der Waals surface area contributed by atoms with Gasteiger partial charge in [0, 0.05) is 25.7 Å². The summed E-state index contributed by atoms with van der Waals surface area (Å²) in [6.45, 7) is 0.311. The molecule has 0 saturated heterocycles. The van der Waals surface area contributed by atoms with Crippen LogP contribution in [-0.2, 0) is 19.6 Å². The van der Waals surface area contributed by atoms with Crippen molar-refractivity contribution in [1.29, 1.82) is 0 Å². The first-order chi connectivity index (χ1) is 10.7. The van der Waals surface area contributed by atoms with Crippen LogP contribution in [0.15, 0.2) is 21.5 Å². The molecule has 1 amide bonds. The third kappa shape index (κ3) is 5.32. The summed E-state index contributed by atoms with van der Waals surface area (Å²) in [4.78, 5) is 11.6. The highest BCUT2D eigenvalue weighted by Gasteiger charge is 2.28. The molecule has 0 atom stereocenters. The highest BCUT2D eigenvalue weighted by Crippen LogP contribution is 2.36. The highest BCUT2D eigenvalue weighted by atomic mass is 79.9. The molecule has 0 fully saturated rings. The lowest BCUT2D eigenvalue weighted by atomic mass is 10.3. The Labute approximate surface area is 149 Å². The van der Waals surface area contributed by atoms with Gasteiger partial charge in [-0.15, -0.1) is 0 Å². The van der Waals surface area contributed by atoms with Crippen LogP contribution >= 0.6 is 27.5 Å². The molecule has 1 aromatic rings. The number of sulfonamides is 1. The van der Waals surface area contributed by atoms with Gasteiger partial charge in [-0.2, -0.15) is 4.31 Å². The fourth-order valence-corrected chi connectivity index (χ4v) is 4.22. The first-order valence-electron chi connectivity index (χ1n) is 6.49. The molecule has 10 heteroatoms. The van der Waals surface area contributed by atoms with Crippen molar-refractivity contribution in [1.82, 2.24) is 9.62 Å². The SMILES string of the molecule is COCCNC(=O)CN(C)S(=O)(=O)c1cc(Cl)cc(Br)c1OC. The van der Waals surface area contributed by atoms with Crippen LogP contribution in [0.1, 0.15) is 0 Å². The number of methoxy groups -OCH3 is 2. The van der Waals surface area contributed by atoms with Crippen LogP contribution in [-0.4, -0.2) is 59.6 Å². The molecule has 0 bridgehead atoms. The molecule has 0 aliphatic rings. The lowest BCUT2D eigenvalue weighted by Crippen LogP contribution is -2.39. The summed E-state index contributed by atoms with van der Waals surface area (Å²) in [5, 5.41) is 2.78. The molecule has 1 N–H and O–H groups in total. The summed E-state index contributed by atoms with van der Waals surface area (Å²) in [5.74, 6) is -0.311. The van der Waals surface area contributed by atoms with Crippen molar-refractivity contribution >= 4 is 43.5 Å². The monoisotopic (exact) mass is 428 g/mol. The Hall–Kier alpha value is -0.870. The molecule has 7 nitrogen and oxygen atoms in total. The van der Waals surface area contributed by atoms with Crippen molar-refractivity contribution in [3.63, 3.8) is 0 Å². The number of halogens is 2. The summed E-state index contributed by atoms with van der Waals surface area (Å²) in [6.07, 6.45) is 0. The van der Waals surface area contributed by atoms with E-state index in [0.29, 0.717) is 17.6 Å². The Morgan fingerprint density at radius 1 is 1.39 bits per heavy atom. The summed E-state index contributed by atoms with van der Waals surface area (Å²) in [6, 6.07) is 2.80. The van der Waals surface area contributed by atoms with Crippen molar-refractivity contribution in [2.75, 3.05) is 41.0 Å². The fraction of sp³-hybridized carbons (Fsp3) is 0.462. The van der Waals surface area contributed by atoms with Gasteiger partial charge in [0.1, 0.15) is 4.90 Å². The van der Waals surface area contributed by atoms with E-state index in [-0.39, 0.29) is 22.2 Å². The second kappa shape index (κ2) is 8.84. The molecule has 0 spiro atoms. The molecule has 130 valence electrons. The van der Waals surface area contributed by atoms with E-state index in [0.717, 1.165) is 4.31 Å². The average molecular weight is 430 g/mol. The summed E-state index contributed by atoms with van der Waals surface area (Å²) in [7, 11) is 0.212. The number of amides is 1. The van der Waals surface area contributed by atoms with Crippen molar-refractivity contribution < 1.29 is 22.7 Å². The zero-order chi connectivity index (χ0) is 17.6. The number of benzene rings is 1. The first-order valence-corrected chi connectivity index (χ1v) is 9.10. The summed E-state index contributed by atoms with van der Waals surface area (Å²) in [5.41, 5.74) is 0. The Balaban J connectivity index is 3.00. The molecule has 0 heterocycles. The van der Waals surface area contributed by atoms with Gasteiger partial charge in [0.15, 0.2) is 5.75 Å². The number of hydrogen-bond acceptors (Lipinski definition) is 5. The van der Waals surface area contributed by atoms with Crippen molar-refractivity contribution in [3.05, 3.63) is 21.6 Å². The largest absolute Gasteiger partial charge is 0.494 e. The van der Waals surface area contributed by atoms with E-state index in [1.165, 1.54) is 33.4 Å². The molecule has 1 aromatic carbocycles. The molecule has 0 radical (unpaired) electrons. The zero-order valence-corrected chi connectivity index (χ0v) is 16.1. The van der Waals surface area contributed by atoms with Gasteiger partial charge in [-0.05, 0) is 28.1 Å². The van der Waals surface area contributed by atoms with E-state index in [1.807, 2.05) is 0 Å². The minimum atomic E-state index is -3.95. The molecule has 0 aliphatic heterocycles. The third-order valence-electron chi connectivity index (χ3n) is 2.86. The van der Waals surface area contributed by atoms with Crippen LogP contribution < -0.4 is 10.1 Å². The van der Waals surface area contributed by atoms with E-state index in [4.69, 9.17) is 21.1 Å². The van der Waals surface area contributed by atoms with E-state index in [9.17, 15) is 13.2 Å². The Morgan fingerprint density at radius 3 is 2.61 bits per heavy atom.